The molecule has 0 heterocycles. The lowest BCUT2D eigenvalue weighted by Gasteiger charge is -2.42. The van der Waals surface area contributed by atoms with Crippen molar-refractivity contribution in [1.29, 1.82) is 0 Å². The smallest absolute Gasteiger partial charge is 0.320 e. The van der Waals surface area contributed by atoms with Gasteiger partial charge in [-0.1, -0.05) is 12.1 Å². The summed E-state index contributed by atoms with van der Waals surface area (Å²) >= 11 is 0. The van der Waals surface area contributed by atoms with Crippen molar-refractivity contribution in [2.45, 2.75) is 54.1 Å². The molecule has 0 fully saturated rings. The van der Waals surface area contributed by atoms with E-state index in [0.29, 0.717) is 12.1 Å². The minimum atomic E-state index is -8.74. The molecule has 0 aromatic heterocycles. The van der Waals surface area contributed by atoms with Gasteiger partial charge >= 0.3 is 60.0 Å². The van der Waals surface area contributed by atoms with E-state index in [1.807, 2.05) is 0 Å². The lowest BCUT2D eigenvalue weighted by atomic mass is 9.89. The van der Waals surface area contributed by atoms with Gasteiger partial charge in [-0.25, -0.2) is 8.78 Å². The van der Waals surface area contributed by atoms with E-state index in [-0.39, 0.29) is 17.4 Å². The molecule has 0 aliphatic rings. The standard InChI is InChI=1S/C16H6F19NO/c17-7(18)9(19,20)12(26,27)14(30,31)16(34,35)15(32,33)13(28,29)10(21,22)8(37)36-6-4-2-1-3-5(6)11(23,24)25/h1-4,7H,(H,36,37). The van der Waals surface area contributed by atoms with Crippen LogP contribution in [0.15, 0.2) is 24.3 Å². The molecule has 1 aromatic carbocycles. The molecule has 0 unspecified atom stereocenters. The Hall–Kier alpha value is -2.64. The van der Waals surface area contributed by atoms with Crippen molar-refractivity contribution in [3.8, 4) is 0 Å². The normalized spacial score (nSPS) is 15.2. The van der Waals surface area contributed by atoms with Gasteiger partial charge in [-0.3, -0.25) is 4.79 Å². The second-order valence-corrected chi connectivity index (χ2v) is 6.87. The molecule has 1 N–H and O–H groups in total. The number of rotatable bonds is 9. The summed E-state index contributed by atoms with van der Waals surface area (Å²) < 4.78 is 250. The SMILES string of the molecule is O=C(Nc1ccccc1C(F)(F)F)C(F)(F)C(F)(F)C(F)(F)C(F)(F)C(F)(F)C(F)(F)C(F)(F)C(F)F. The van der Waals surface area contributed by atoms with Crippen molar-refractivity contribution in [3.63, 3.8) is 0 Å². The number of carbonyl (C=O) groups excluding carboxylic acids is 1. The predicted molar refractivity (Wildman–Crippen MR) is 80.7 cm³/mol. The van der Waals surface area contributed by atoms with E-state index in [0.717, 1.165) is 0 Å². The van der Waals surface area contributed by atoms with Gasteiger partial charge in [0.1, 0.15) is 0 Å². The Labute approximate surface area is 190 Å². The summed E-state index contributed by atoms with van der Waals surface area (Å²) in [5, 5.41) is 0.273. The van der Waals surface area contributed by atoms with Gasteiger partial charge in [0.25, 0.3) is 0 Å². The maximum atomic E-state index is 13.8. The number of benzene rings is 1. The Morgan fingerprint density at radius 2 is 0.973 bits per heavy atom. The van der Waals surface area contributed by atoms with Crippen LogP contribution < -0.4 is 5.32 Å². The van der Waals surface area contributed by atoms with Crippen LogP contribution in [0.5, 0.6) is 0 Å². The fourth-order valence-corrected chi connectivity index (χ4v) is 2.32. The van der Waals surface area contributed by atoms with Gasteiger partial charge in [0, 0.05) is 0 Å². The molecule has 1 amide bonds. The zero-order valence-corrected chi connectivity index (χ0v) is 16.5. The van der Waals surface area contributed by atoms with Gasteiger partial charge in [-0.05, 0) is 12.1 Å². The number of amides is 1. The Balaban J connectivity index is 3.60. The maximum Gasteiger partial charge on any atom is 0.418 e. The Morgan fingerprint density at radius 1 is 0.595 bits per heavy atom. The average molecular weight is 589 g/mol. The number of hydrogen-bond donors (Lipinski definition) is 1. The predicted octanol–water partition coefficient (Wildman–Crippen LogP) is 7.36. The van der Waals surface area contributed by atoms with E-state index in [2.05, 4.69) is 0 Å². The third kappa shape index (κ3) is 4.61. The summed E-state index contributed by atoms with van der Waals surface area (Å²) in [4.78, 5) is 11.4. The van der Waals surface area contributed by atoms with Gasteiger partial charge in [0.2, 0.25) is 0 Å². The molecule has 2 nitrogen and oxygen atoms in total. The van der Waals surface area contributed by atoms with E-state index in [1.165, 1.54) is 0 Å². The minimum Gasteiger partial charge on any atom is -0.320 e. The molecule has 37 heavy (non-hydrogen) atoms. The zero-order valence-electron chi connectivity index (χ0n) is 16.5. The first-order chi connectivity index (χ1) is 16.1. The van der Waals surface area contributed by atoms with Crippen LogP contribution in [0.2, 0.25) is 0 Å². The van der Waals surface area contributed by atoms with E-state index >= 15 is 0 Å². The molecule has 0 atom stereocenters. The van der Waals surface area contributed by atoms with E-state index < -0.39 is 71.2 Å². The van der Waals surface area contributed by atoms with Crippen LogP contribution in [0.3, 0.4) is 0 Å². The summed E-state index contributed by atoms with van der Waals surface area (Å²) in [5.41, 5.74) is -4.03. The number of alkyl halides is 19. The fraction of sp³-hybridized carbons (Fsp3) is 0.562. The van der Waals surface area contributed by atoms with Crippen LogP contribution in [-0.4, -0.2) is 53.8 Å². The second kappa shape index (κ2) is 8.98. The van der Waals surface area contributed by atoms with Gasteiger partial charge in [-0.2, -0.15) is 74.6 Å². The molecule has 0 radical (unpaired) electrons. The molecule has 1 rings (SSSR count). The molecule has 1 aromatic rings. The number of para-hydroxylation sites is 1. The summed E-state index contributed by atoms with van der Waals surface area (Å²) in [5.74, 6) is -61.7. The highest BCUT2D eigenvalue weighted by molar-refractivity contribution is 5.97. The molecular formula is C16H6F19NO. The number of halogens is 19. The molecule has 0 saturated carbocycles. The van der Waals surface area contributed by atoms with Gasteiger partial charge in [-0.15, -0.1) is 0 Å². The monoisotopic (exact) mass is 589 g/mol. The topological polar surface area (TPSA) is 29.1 Å². The van der Waals surface area contributed by atoms with Crippen LogP contribution in [0.4, 0.5) is 89.1 Å². The van der Waals surface area contributed by atoms with Crippen LogP contribution in [0.25, 0.3) is 0 Å². The zero-order chi connectivity index (χ0) is 29.8. The molecule has 0 aliphatic heterocycles. The number of hydrogen-bond acceptors (Lipinski definition) is 1. The highest BCUT2D eigenvalue weighted by Crippen LogP contribution is 2.62. The first-order valence-corrected chi connectivity index (χ1v) is 8.47. The first-order valence-electron chi connectivity index (χ1n) is 8.47. The first kappa shape index (κ1) is 32.4. The lowest BCUT2D eigenvalue weighted by molar-refractivity contribution is -0.443. The van der Waals surface area contributed by atoms with Crippen molar-refractivity contribution < 1.29 is 88.2 Å². The third-order valence-electron chi connectivity index (χ3n) is 4.43. The number of anilines is 1. The number of carbonyl (C=O) groups is 1. The molecule has 0 bridgehead atoms. The largest absolute Gasteiger partial charge is 0.418 e. The molecule has 214 valence electrons. The van der Waals surface area contributed by atoms with Crippen molar-refractivity contribution in [3.05, 3.63) is 29.8 Å². The summed E-state index contributed by atoms with van der Waals surface area (Å²) in [7, 11) is 0. The molecular weight excluding hydrogens is 583 g/mol. The summed E-state index contributed by atoms with van der Waals surface area (Å²) in [6.45, 7) is 0. The number of nitrogens with one attached hydrogen (secondary N) is 1. The molecule has 21 heteroatoms. The fourth-order valence-electron chi connectivity index (χ4n) is 2.32. The lowest BCUT2D eigenvalue weighted by Crippen LogP contribution is -2.74. The van der Waals surface area contributed by atoms with Crippen molar-refractivity contribution in [2.75, 3.05) is 5.32 Å². The summed E-state index contributed by atoms with van der Waals surface area (Å²) in [6.07, 6.45) is -11.6. The van der Waals surface area contributed by atoms with Crippen LogP contribution >= 0.6 is 0 Å². The molecule has 0 aliphatic carbocycles. The van der Waals surface area contributed by atoms with Crippen LogP contribution in [0.1, 0.15) is 5.56 Å². The molecule has 0 spiro atoms. The second-order valence-electron chi connectivity index (χ2n) is 6.87. The summed E-state index contributed by atoms with van der Waals surface area (Å²) in [6, 6.07) is 1.02. The van der Waals surface area contributed by atoms with E-state index in [4.69, 9.17) is 0 Å². The van der Waals surface area contributed by atoms with Crippen molar-refractivity contribution in [2.24, 2.45) is 0 Å². The maximum absolute atomic E-state index is 13.8. The quantitative estimate of drug-likeness (QED) is 0.300. The Morgan fingerprint density at radius 3 is 1.38 bits per heavy atom. The minimum absolute atomic E-state index is 0.0134. The van der Waals surface area contributed by atoms with Gasteiger partial charge in [0.05, 0.1) is 11.3 Å². The van der Waals surface area contributed by atoms with Gasteiger partial charge < -0.3 is 5.32 Å². The van der Waals surface area contributed by atoms with Crippen LogP contribution in [0, 0.1) is 0 Å². The Bertz CT molecular complexity index is 996. The highest BCUT2D eigenvalue weighted by atomic mass is 19.4. The van der Waals surface area contributed by atoms with E-state index in [1.54, 1.807) is 0 Å². The van der Waals surface area contributed by atoms with Crippen molar-refractivity contribution in [1.82, 2.24) is 0 Å². The van der Waals surface area contributed by atoms with Crippen molar-refractivity contribution >= 4 is 11.6 Å². The van der Waals surface area contributed by atoms with Crippen LogP contribution in [-0.2, 0) is 11.0 Å². The molecule has 0 saturated heterocycles. The Kier molecular flexibility index (Phi) is 7.86. The van der Waals surface area contributed by atoms with Gasteiger partial charge in [0.15, 0.2) is 0 Å². The highest BCUT2D eigenvalue weighted by Gasteiger charge is 2.94. The average Bonchev–Trinajstić information content (AvgIpc) is 2.72. The van der Waals surface area contributed by atoms with E-state index in [9.17, 15) is 88.2 Å². The third-order valence-corrected chi connectivity index (χ3v) is 4.43.